The molecule has 2 rings (SSSR count). The molecule has 2 N–H and O–H groups in total. The predicted molar refractivity (Wildman–Crippen MR) is 72.7 cm³/mol. The molecule has 0 amide bonds. The molecule has 0 atom stereocenters. The van der Waals surface area contributed by atoms with E-state index in [0.29, 0.717) is 13.0 Å². The molecule has 4 nitrogen and oxygen atoms in total. The van der Waals surface area contributed by atoms with Crippen LogP contribution in [0.2, 0.25) is 0 Å². The zero-order valence-corrected chi connectivity index (χ0v) is 11.4. The molecule has 0 aliphatic heterocycles. The van der Waals surface area contributed by atoms with E-state index in [2.05, 4.69) is 15.9 Å². The lowest BCUT2D eigenvalue weighted by Crippen LogP contribution is -2.00. The minimum Gasteiger partial charge on any atom is -0.481 e. The Bertz CT molecular complexity index is 577. The van der Waals surface area contributed by atoms with Gasteiger partial charge in [-0.25, -0.2) is 0 Å². The van der Waals surface area contributed by atoms with E-state index >= 15 is 0 Å². The standard InChI is InChI=1S/C13H14BrNO3/c14-10-2-3-11-9(6-13(17)18)8-15(4-1-5-16)12(11)7-10/h2-3,7-8,16H,1,4-6H2,(H,17,18). The molecule has 0 aliphatic rings. The summed E-state index contributed by atoms with van der Waals surface area (Å²) in [5.41, 5.74) is 1.80. The van der Waals surface area contributed by atoms with Crippen LogP contribution in [0.25, 0.3) is 10.9 Å². The number of aliphatic hydroxyl groups is 1. The number of aromatic nitrogens is 1. The molecule has 2 aromatic rings. The number of carbonyl (C=O) groups is 1. The molecule has 96 valence electrons. The summed E-state index contributed by atoms with van der Waals surface area (Å²) in [5, 5.41) is 18.8. The zero-order valence-electron chi connectivity index (χ0n) is 9.77. The molecule has 0 saturated heterocycles. The van der Waals surface area contributed by atoms with Crippen molar-refractivity contribution in [2.24, 2.45) is 0 Å². The number of aliphatic carboxylic acids is 1. The van der Waals surface area contributed by atoms with Crippen molar-refractivity contribution in [3.05, 3.63) is 34.4 Å². The summed E-state index contributed by atoms with van der Waals surface area (Å²) in [5.74, 6) is -0.834. The molecule has 0 fully saturated rings. The lowest BCUT2D eigenvalue weighted by Gasteiger charge is -2.03. The summed E-state index contributed by atoms with van der Waals surface area (Å²) >= 11 is 3.42. The molecule has 18 heavy (non-hydrogen) atoms. The molecule has 0 spiro atoms. The number of benzene rings is 1. The molecule has 0 unspecified atom stereocenters. The van der Waals surface area contributed by atoms with Crippen LogP contribution in [-0.4, -0.2) is 27.4 Å². The normalized spacial score (nSPS) is 11.0. The van der Waals surface area contributed by atoms with E-state index in [4.69, 9.17) is 10.2 Å². The second kappa shape index (κ2) is 5.54. The predicted octanol–water partition coefficient (Wildman–Crippen LogP) is 2.41. The first-order valence-electron chi connectivity index (χ1n) is 5.71. The summed E-state index contributed by atoms with van der Waals surface area (Å²) in [6, 6.07) is 5.80. The maximum absolute atomic E-state index is 10.8. The third kappa shape index (κ3) is 2.73. The van der Waals surface area contributed by atoms with Crippen molar-refractivity contribution in [3.8, 4) is 0 Å². The van der Waals surface area contributed by atoms with Gasteiger partial charge in [-0.3, -0.25) is 4.79 Å². The number of hydrogen-bond donors (Lipinski definition) is 2. The molecule has 5 heteroatoms. The Morgan fingerprint density at radius 1 is 1.39 bits per heavy atom. The average molecular weight is 312 g/mol. The fraction of sp³-hybridized carbons (Fsp3) is 0.308. The van der Waals surface area contributed by atoms with Gasteiger partial charge in [0, 0.05) is 34.7 Å². The van der Waals surface area contributed by atoms with Gasteiger partial charge in [0.15, 0.2) is 0 Å². The van der Waals surface area contributed by atoms with Crippen LogP contribution in [0.5, 0.6) is 0 Å². The first kappa shape index (κ1) is 13.1. The number of carboxylic acid groups (broad SMARTS) is 1. The quantitative estimate of drug-likeness (QED) is 0.891. The SMILES string of the molecule is O=C(O)Cc1cn(CCCO)c2cc(Br)ccc12. The topological polar surface area (TPSA) is 62.5 Å². The zero-order chi connectivity index (χ0) is 13.1. The monoisotopic (exact) mass is 311 g/mol. The van der Waals surface area contributed by atoms with Crippen molar-refractivity contribution in [2.75, 3.05) is 6.61 Å². The number of aliphatic hydroxyl groups excluding tert-OH is 1. The lowest BCUT2D eigenvalue weighted by molar-refractivity contribution is -0.136. The van der Waals surface area contributed by atoms with E-state index in [9.17, 15) is 4.79 Å². The number of hydrogen-bond acceptors (Lipinski definition) is 2. The number of halogens is 1. The smallest absolute Gasteiger partial charge is 0.307 e. The maximum atomic E-state index is 10.8. The van der Waals surface area contributed by atoms with Crippen LogP contribution in [0.3, 0.4) is 0 Å². The molecule has 1 heterocycles. The van der Waals surface area contributed by atoms with Gasteiger partial charge in [-0.2, -0.15) is 0 Å². The van der Waals surface area contributed by atoms with Gasteiger partial charge in [-0.05, 0) is 24.1 Å². The molecule has 1 aromatic carbocycles. The lowest BCUT2D eigenvalue weighted by atomic mass is 10.1. The summed E-state index contributed by atoms with van der Waals surface area (Å²) in [4.78, 5) is 10.8. The van der Waals surface area contributed by atoms with Gasteiger partial charge in [0.2, 0.25) is 0 Å². The van der Waals surface area contributed by atoms with Crippen molar-refractivity contribution in [3.63, 3.8) is 0 Å². The van der Waals surface area contributed by atoms with E-state index in [-0.39, 0.29) is 13.0 Å². The van der Waals surface area contributed by atoms with Crippen molar-refractivity contribution >= 4 is 32.8 Å². The molecule has 0 radical (unpaired) electrons. The van der Waals surface area contributed by atoms with E-state index < -0.39 is 5.97 Å². The van der Waals surface area contributed by atoms with Crippen LogP contribution in [0.4, 0.5) is 0 Å². The average Bonchev–Trinajstić information content (AvgIpc) is 2.63. The number of carboxylic acids is 1. The summed E-state index contributed by atoms with van der Waals surface area (Å²) < 4.78 is 2.95. The summed E-state index contributed by atoms with van der Waals surface area (Å²) in [7, 11) is 0. The highest BCUT2D eigenvalue weighted by Gasteiger charge is 2.11. The van der Waals surface area contributed by atoms with Crippen LogP contribution < -0.4 is 0 Å². The Balaban J connectivity index is 2.48. The minimum atomic E-state index is -0.834. The summed E-state index contributed by atoms with van der Waals surface area (Å²) in [6.07, 6.45) is 2.54. The van der Waals surface area contributed by atoms with Gasteiger partial charge in [0.1, 0.15) is 0 Å². The fourth-order valence-electron chi connectivity index (χ4n) is 2.07. The Hall–Kier alpha value is -1.33. The highest BCUT2D eigenvalue weighted by Crippen LogP contribution is 2.25. The number of fused-ring (bicyclic) bond motifs is 1. The highest BCUT2D eigenvalue weighted by molar-refractivity contribution is 9.10. The minimum absolute atomic E-state index is 0.0181. The Labute approximate surface area is 113 Å². The third-order valence-corrected chi connectivity index (χ3v) is 3.32. The number of aryl methyl sites for hydroxylation is 1. The van der Waals surface area contributed by atoms with Crippen LogP contribution in [0.1, 0.15) is 12.0 Å². The van der Waals surface area contributed by atoms with Gasteiger partial charge in [-0.1, -0.05) is 22.0 Å². The Kier molecular flexibility index (Phi) is 4.04. The first-order valence-corrected chi connectivity index (χ1v) is 6.51. The van der Waals surface area contributed by atoms with Gasteiger partial charge in [0.25, 0.3) is 0 Å². The molecule has 0 saturated carbocycles. The highest BCUT2D eigenvalue weighted by atomic mass is 79.9. The van der Waals surface area contributed by atoms with Crippen molar-refractivity contribution in [1.82, 2.24) is 4.57 Å². The molecule has 0 aliphatic carbocycles. The fourth-order valence-corrected chi connectivity index (χ4v) is 2.42. The number of nitrogens with zero attached hydrogens (tertiary/aromatic N) is 1. The van der Waals surface area contributed by atoms with Crippen LogP contribution >= 0.6 is 15.9 Å². The molecular weight excluding hydrogens is 298 g/mol. The van der Waals surface area contributed by atoms with E-state index in [1.165, 1.54) is 0 Å². The van der Waals surface area contributed by atoms with Crippen molar-refractivity contribution in [2.45, 2.75) is 19.4 Å². The van der Waals surface area contributed by atoms with E-state index in [1.807, 2.05) is 29.0 Å². The number of rotatable bonds is 5. The molecule has 0 bridgehead atoms. The van der Waals surface area contributed by atoms with Crippen molar-refractivity contribution in [1.29, 1.82) is 0 Å². The third-order valence-electron chi connectivity index (χ3n) is 2.83. The van der Waals surface area contributed by atoms with Crippen molar-refractivity contribution < 1.29 is 15.0 Å². The van der Waals surface area contributed by atoms with E-state index in [1.54, 1.807) is 0 Å². The Morgan fingerprint density at radius 2 is 2.17 bits per heavy atom. The van der Waals surface area contributed by atoms with Gasteiger partial charge < -0.3 is 14.8 Å². The molecule has 1 aromatic heterocycles. The molecular formula is C13H14BrNO3. The maximum Gasteiger partial charge on any atom is 0.307 e. The second-order valence-electron chi connectivity index (χ2n) is 4.16. The van der Waals surface area contributed by atoms with Crippen LogP contribution in [-0.2, 0) is 17.8 Å². The van der Waals surface area contributed by atoms with Gasteiger partial charge in [-0.15, -0.1) is 0 Å². The summed E-state index contributed by atoms with van der Waals surface area (Å²) in [6.45, 7) is 0.811. The largest absolute Gasteiger partial charge is 0.481 e. The van der Waals surface area contributed by atoms with Gasteiger partial charge >= 0.3 is 5.97 Å². The van der Waals surface area contributed by atoms with E-state index in [0.717, 1.165) is 20.9 Å². The first-order chi connectivity index (χ1) is 8.61. The Morgan fingerprint density at radius 3 is 2.83 bits per heavy atom. The van der Waals surface area contributed by atoms with Crippen LogP contribution in [0.15, 0.2) is 28.9 Å². The van der Waals surface area contributed by atoms with Crippen LogP contribution in [0, 0.1) is 0 Å². The van der Waals surface area contributed by atoms with Gasteiger partial charge in [0.05, 0.1) is 6.42 Å². The second-order valence-corrected chi connectivity index (χ2v) is 5.07.